The number of aliphatic hydroxyl groups is 9. The van der Waals surface area contributed by atoms with Gasteiger partial charge in [-0.2, -0.15) is 0 Å². The van der Waals surface area contributed by atoms with E-state index in [0.717, 1.165) is 12.7 Å². The highest BCUT2D eigenvalue weighted by molar-refractivity contribution is 5.90. The highest BCUT2D eigenvalue weighted by Gasteiger charge is 2.35. The molecule has 0 aliphatic carbocycles. The number of carbonyl (C=O) groups excluding carboxylic acids is 3. The molecule has 17 nitrogen and oxygen atoms in total. The minimum Gasteiger partial charge on any atom is -0.467 e. The second-order valence-electron chi connectivity index (χ2n) is 9.24. The Labute approximate surface area is 248 Å². The van der Waals surface area contributed by atoms with Gasteiger partial charge in [0.1, 0.15) is 36.6 Å². The number of rotatable bonds is 19. The second-order valence-corrected chi connectivity index (χ2v) is 9.24. The first kappa shape index (κ1) is 40.2. The SMILES string of the molecule is COC(=O)C(Cc1ccccc1)NC(=O)C(N)CC(=O)O[C@H](COCC(O)CO)[C@@H](O)[C@H](O)[C@H](O)CO.OCC(O)CO. The summed E-state index contributed by atoms with van der Waals surface area (Å²) in [6.07, 6.45) is -10.1. The van der Waals surface area contributed by atoms with E-state index in [-0.39, 0.29) is 19.6 Å². The van der Waals surface area contributed by atoms with Crippen molar-refractivity contribution in [3.63, 3.8) is 0 Å². The maximum Gasteiger partial charge on any atom is 0.328 e. The Morgan fingerprint density at radius 3 is 1.91 bits per heavy atom. The fourth-order valence-electron chi connectivity index (χ4n) is 3.14. The summed E-state index contributed by atoms with van der Waals surface area (Å²) >= 11 is 0. The maximum absolute atomic E-state index is 12.6. The van der Waals surface area contributed by atoms with Crippen LogP contribution in [0.15, 0.2) is 30.3 Å². The Bertz CT molecular complexity index is 906. The van der Waals surface area contributed by atoms with Gasteiger partial charge < -0.3 is 71.2 Å². The summed E-state index contributed by atoms with van der Waals surface area (Å²) < 4.78 is 14.9. The van der Waals surface area contributed by atoms with Gasteiger partial charge in [0.15, 0.2) is 6.10 Å². The van der Waals surface area contributed by atoms with Gasteiger partial charge in [0.2, 0.25) is 5.91 Å². The van der Waals surface area contributed by atoms with Gasteiger partial charge >= 0.3 is 11.9 Å². The van der Waals surface area contributed by atoms with Crippen LogP contribution in [0.3, 0.4) is 0 Å². The number of nitrogens with two attached hydrogens (primary N) is 1. The lowest BCUT2D eigenvalue weighted by Gasteiger charge is -2.29. The third-order valence-corrected chi connectivity index (χ3v) is 5.63. The van der Waals surface area contributed by atoms with Crippen LogP contribution in [0.1, 0.15) is 12.0 Å². The van der Waals surface area contributed by atoms with Crippen molar-refractivity contribution in [1.29, 1.82) is 0 Å². The van der Waals surface area contributed by atoms with Gasteiger partial charge in [0.25, 0.3) is 0 Å². The number of benzene rings is 1. The average Bonchev–Trinajstić information content (AvgIpc) is 3.02. The number of carbonyl (C=O) groups is 3. The number of ether oxygens (including phenoxy) is 3. The monoisotopic (exact) mass is 624 g/mol. The van der Waals surface area contributed by atoms with Crippen LogP contribution in [0.2, 0.25) is 0 Å². The van der Waals surface area contributed by atoms with Crippen molar-refractivity contribution >= 4 is 17.8 Å². The van der Waals surface area contributed by atoms with Crippen molar-refractivity contribution in [3.8, 4) is 0 Å². The van der Waals surface area contributed by atoms with Gasteiger partial charge in [-0.15, -0.1) is 0 Å². The molecule has 0 spiro atoms. The van der Waals surface area contributed by atoms with Crippen molar-refractivity contribution in [2.24, 2.45) is 5.73 Å². The Morgan fingerprint density at radius 2 is 1.42 bits per heavy atom. The molecule has 43 heavy (non-hydrogen) atoms. The van der Waals surface area contributed by atoms with Crippen LogP contribution < -0.4 is 11.1 Å². The van der Waals surface area contributed by atoms with Gasteiger partial charge in [-0.1, -0.05) is 30.3 Å². The molecule has 248 valence electrons. The molecule has 0 saturated carbocycles. The largest absolute Gasteiger partial charge is 0.467 e. The van der Waals surface area contributed by atoms with Crippen LogP contribution in [0, 0.1) is 0 Å². The van der Waals surface area contributed by atoms with E-state index in [0.29, 0.717) is 0 Å². The van der Waals surface area contributed by atoms with Crippen LogP contribution in [0.25, 0.3) is 0 Å². The van der Waals surface area contributed by atoms with Crippen molar-refractivity contribution in [3.05, 3.63) is 35.9 Å². The minimum absolute atomic E-state index is 0.104. The number of hydrogen-bond acceptors (Lipinski definition) is 16. The molecule has 1 amide bonds. The molecule has 0 radical (unpaired) electrons. The smallest absolute Gasteiger partial charge is 0.328 e. The van der Waals surface area contributed by atoms with E-state index in [1.807, 2.05) is 0 Å². The van der Waals surface area contributed by atoms with E-state index in [2.05, 4.69) is 5.32 Å². The fourth-order valence-corrected chi connectivity index (χ4v) is 3.14. The molecule has 0 aliphatic rings. The van der Waals surface area contributed by atoms with Crippen molar-refractivity contribution in [2.75, 3.05) is 46.8 Å². The van der Waals surface area contributed by atoms with Crippen LogP contribution in [0.4, 0.5) is 0 Å². The molecular weight excluding hydrogens is 580 g/mol. The number of methoxy groups -OCH3 is 1. The zero-order valence-corrected chi connectivity index (χ0v) is 23.7. The summed E-state index contributed by atoms with van der Waals surface area (Å²) in [5.41, 5.74) is 6.53. The highest BCUT2D eigenvalue weighted by atomic mass is 16.6. The molecule has 0 aliphatic heterocycles. The summed E-state index contributed by atoms with van der Waals surface area (Å²) in [4.78, 5) is 37.1. The Morgan fingerprint density at radius 1 is 0.837 bits per heavy atom. The third-order valence-electron chi connectivity index (χ3n) is 5.63. The van der Waals surface area contributed by atoms with Gasteiger partial charge in [0.05, 0.1) is 59.2 Å². The third kappa shape index (κ3) is 16.6. The summed E-state index contributed by atoms with van der Waals surface area (Å²) in [5.74, 6) is -2.69. The molecular formula is C26H44N2O15. The topological polar surface area (TPSA) is 299 Å². The molecule has 1 aromatic rings. The first-order valence-electron chi connectivity index (χ1n) is 13.1. The fraction of sp³-hybridized carbons (Fsp3) is 0.654. The van der Waals surface area contributed by atoms with Gasteiger partial charge in [0, 0.05) is 6.42 Å². The summed E-state index contributed by atoms with van der Waals surface area (Å²) in [6, 6.07) is 6.22. The lowest BCUT2D eigenvalue weighted by molar-refractivity contribution is -0.175. The Balaban J connectivity index is 0.00000265. The predicted molar refractivity (Wildman–Crippen MR) is 146 cm³/mol. The average molecular weight is 625 g/mol. The van der Waals surface area contributed by atoms with E-state index < -0.39 is 99.4 Å². The summed E-state index contributed by atoms with van der Waals surface area (Å²) in [6.45, 7) is -3.25. The second kappa shape index (κ2) is 22.7. The Kier molecular flexibility index (Phi) is 21.2. The van der Waals surface area contributed by atoms with E-state index in [9.17, 15) is 34.8 Å². The molecule has 3 unspecified atom stereocenters. The molecule has 0 saturated heterocycles. The van der Waals surface area contributed by atoms with Crippen LogP contribution in [-0.2, 0) is 35.0 Å². The number of aliphatic hydroxyl groups excluding tert-OH is 9. The van der Waals surface area contributed by atoms with Crippen LogP contribution >= 0.6 is 0 Å². The first-order valence-corrected chi connectivity index (χ1v) is 13.1. The van der Waals surface area contributed by atoms with Crippen LogP contribution in [0.5, 0.6) is 0 Å². The maximum atomic E-state index is 12.6. The molecule has 12 N–H and O–H groups in total. The summed E-state index contributed by atoms with van der Waals surface area (Å²) in [7, 11) is 1.15. The molecule has 0 aromatic heterocycles. The molecule has 0 heterocycles. The molecule has 17 heteroatoms. The lowest BCUT2D eigenvalue weighted by atomic mass is 10.0. The lowest BCUT2D eigenvalue weighted by Crippen LogP contribution is -2.51. The summed E-state index contributed by atoms with van der Waals surface area (Å²) in [5, 5.41) is 83.5. The van der Waals surface area contributed by atoms with Gasteiger partial charge in [-0.05, 0) is 5.56 Å². The zero-order chi connectivity index (χ0) is 32.9. The Hall–Kier alpha value is -2.81. The van der Waals surface area contributed by atoms with E-state index in [1.165, 1.54) is 0 Å². The first-order chi connectivity index (χ1) is 20.3. The molecule has 0 fully saturated rings. The normalized spacial score (nSPS) is 16.0. The number of nitrogens with one attached hydrogen (secondary N) is 1. The van der Waals surface area contributed by atoms with Gasteiger partial charge in [-0.25, -0.2) is 4.79 Å². The van der Waals surface area contributed by atoms with E-state index in [4.69, 9.17) is 45.5 Å². The number of amides is 1. The molecule has 7 atom stereocenters. The highest BCUT2D eigenvalue weighted by Crippen LogP contribution is 2.12. The number of esters is 2. The van der Waals surface area contributed by atoms with Gasteiger partial charge in [-0.3, -0.25) is 9.59 Å². The standard InChI is InChI=1S/C23H36N2O12.C3H8O3/c1-35-23(34)16(7-13-5-3-2-4-6-13)25-22(33)15(24)8-19(30)37-18(12-36-11-14(28)9-26)21(32)20(31)17(29)10-27;4-1-3(6)2-5/h2-6,14-18,20-21,26-29,31-32H,7-12,24H2,1H3,(H,25,33);3-6H,1-2H2/t14?,15?,16?,17-,18-,20-,21-;/m1./s1. The molecule has 0 bridgehead atoms. The van der Waals surface area contributed by atoms with Crippen molar-refractivity contribution in [2.45, 2.75) is 61.5 Å². The van der Waals surface area contributed by atoms with E-state index >= 15 is 0 Å². The number of hydrogen-bond donors (Lipinski definition) is 11. The molecule has 1 aromatic carbocycles. The minimum atomic E-state index is -1.94. The zero-order valence-electron chi connectivity index (χ0n) is 23.7. The predicted octanol–water partition coefficient (Wildman–Crippen LogP) is -5.71. The van der Waals surface area contributed by atoms with Crippen molar-refractivity contribution in [1.82, 2.24) is 5.32 Å². The van der Waals surface area contributed by atoms with Crippen LogP contribution in [-0.4, -0.2) is 159 Å². The molecule has 1 rings (SSSR count). The quantitative estimate of drug-likeness (QED) is 0.0639. The van der Waals surface area contributed by atoms with Crippen molar-refractivity contribution < 1.29 is 74.6 Å². The van der Waals surface area contributed by atoms with E-state index in [1.54, 1.807) is 30.3 Å².